The van der Waals surface area contributed by atoms with Crippen LogP contribution in [0.2, 0.25) is 0 Å². The molecule has 0 saturated heterocycles. The number of hydrogen-bond donors (Lipinski definition) is 0. The minimum absolute atomic E-state index is 0.858. The largest absolute Gasteiger partial charge is 0.456 e. The Hall–Kier alpha value is -8.46. The predicted molar refractivity (Wildman–Crippen MR) is 271 cm³/mol. The second-order valence-corrected chi connectivity index (χ2v) is 16.5. The molecule has 11 aromatic carbocycles. The zero-order valence-electron chi connectivity index (χ0n) is 35.0. The van der Waals surface area contributed by atoms with Crippen LogP contribution in [0.1, 0.15) is 0 Å². The molecule has 0 fully saturated rings. The molecule has 1 aromatic heterocycles. The lowest BCUT2D eigenvalue weighted by Gasteiger charge is -2.28. The summed E-state index contributed by atoms with van der Waals surface area (Å²) < 4.78 is 6.49. The molecule has 0 amide bonds. The van der Waals surface area contributed by atoms with Gasteiger partial charge in [-0.2, -0.15) is 0 Å². The van der Waals surface area contributed by atoms with Gasteiger partial charge in [0, 0.05) is 27.7 Å². The highest BCUT2D eigenvalue weighted by atomic mass is 16.3. The van der Waals surface area contributed by atoms with Gasteiger partial charge in [-0.3, -0.25) is 0 Å². The van der Waals surface area contributed by atoms with Crippen molar-refractivity contribution in [2.24, 2.45) is 0 Å². The summed E-state index contributed by atoms with van der Waals surface area (Å²) >= 11 is 0. The molecule has 64 heavy (non-hydrogen) atoms. The maximum Gasteiger partial charge on any atom is 0.136 e. The van der Waals surface area contributed by atoms with Crippen molar-refractivity contribution in [3.8, 4) is 55.8 Å². The topological polar surface area (TPSA) is 16.4 Å². The van der Waals surface area contributed by atoms with Gasteiger partial charge in [0.1, 0.15) is 11.3 Å². The van der Waals surface area contributed by atoms with E-state index < -0.39 is 0 Å². The SMILES string of the molecule is c1ccc(-c2ccc(-c3ccc(N(c4ccc(-c5ccc(-c6cccc7ccccc67)cc5)cc4)c4cc5ccccc5c5ccccc45)cc3)cc2-c2cc3ccccc3o2)cc1. The molecular formula is C62H41NO. The molecular weight excluding hydrogens is 775 g/mol. The summed E-state index contributed by atoms with van der Waals surface area (Å²) in [5, 5.41) is 8.50. The Balaban J connectivity index is 0.943. The van der Waals surface area contributed by atoms with Crippen LogP contribution in [0.3, 0.4) is 0 Å². The minimum Gasteiger partial charge on any atom is -0.456 e. The third-order valence-corrected chi connectivity index (χ3v) is 12.7. The number of para-hydroxylation sites is 1. The van der Waals surface area contributed by atoms with Crippen molar-refractivity contribution in [2.45, 2.75) is 0 Å². The third kappa shape index (κ3) is 6.70. The number of furan rings is 1. The van der Waals surface area contributed by atoms with E-state index in [0.29, 0.717) is 0 Å². The highest BCUT2D eigenvalue weighted by Crippen LogP contribution is 2.44. The molecule has 0 bridgehead atoms. The van der Waals surface area contributed by atoms with Crippen LogP contribution in [0.5, 0.6) is 0 Å². The number of anilines is 3. The molecule has 300 valence electrons. The fourth-order valence-corrected chi connectivity index (χ4v) is 9.48. The van der Waals surface area contributed by atoms with E-state index >= 15 is 0 Å². The Morgan fingerprint density at radius 2 is 0.781 bits per heavy atom. The van der Waals surface area contributed by atoms with E-state index in [1.807, 2.05) is 12.1 Å². The molecule has 0 saturated carbocycles. The van der Waals surface area contributed by atoms with E-state index in [1.54, 1.807) is 0 Å². The smallest absolute Gasteiger partial charge is 0.136 e. The second-order valence-electron chi connectivity index (χ2n) is 16.5. The summed E-state index contributed by atoms with van der Waals surface area (Å²) in [5.41, 5.74) is 14.6. The van der Waals surface area contributed by atoms with Crippen molar-refractivity contribution >= 4 is 60.3 Å². The van der Waals surface area contributed by atoms with E-state index in [4.69, 9.17) is 4.42 Å². The maximum absolute atomic E-state index is 6.49. The quantitative estimate of drug-likeness (QED) is 0.142. The second kappa shape index (κ2) is 15.8. The molecule has 0 unspecified atom stereocenters. The average molecular weight is 816 g/mol. The van der Waals surface area contributed by atoms with Gasteiger partial charge in [0.2, 0.25) is 0 Å². The fraction of sp³-hybridized carbons (Fsp3) is 0. The first kappa shape index (κ1) is 37.3. The van der Waals surface area contributed by atoms with Crippen LogP contribution in [-0.4, -0.2) is 0 Å². The van der Waals surface area contributed by atoms with Crippen molar-refractivity contribution in [1.82, 2.24) is 0 Å². The monoisotopic (exact) mass is 815 g/mol. The molecule has 12 aromatic rings. The molecule has 0 spiro atoms. The zero-order valence-corrected chi connectivity index (χ0v) is 35.0. The Morgan fingerprint density at radius 3 is 1.50 bits per heavy atom. The van der Waals surface area contributed by atoms with E-state index in [1.165, 1.54) is 54.6 Å². The molecule has 0 N–H and O–H groups in total. The standard InChI is InChI=1S/C62H41NO/c1-2-13-45(14-3-1)56-38-33-48(39-59(56)62-41-50-17-6-11-24-61(50)64-62)44-31-36-52(37-32-44)63(60-40-49-16-5-8-20-55(49)57-21-9-10-22-58(57)60)51-34-29-43(30-35-51)42-25-27-47(28-26-42)54-23-12-18-46-15-4-7-19-53(46)54/h1-41H. The van der Waals surface area contributed by atoms with Gasteiger partial charge in [0.25, 0.3) is 0 Å². The van der Waals surface area contributed by atoms with Crippen LogP contribution in [0.4, 0.5) is 17.1 Å². The van der Waals surface area contributed by atoms with E-state index in [-0.39, 0.29) is 0 Å². The van der Waals surface area contributed by atoms with Crippen LogP contribution in [0.15, 0.2) is 253 Å². The molecule has 0 aliphatic heterocycles. The molecule has 0 atom stereocenters. The van der Waals surface area contributed by atoms with Gasteiger partial charge in [-0.1, -0.05) is 200 Å². The lowest BCUT2D eigenvalue weighted by molar-refractivity contribution is 0.632. The summed E-state index contributed by atoms with van der Waals surface area (Å²) in [6.45, 7) is 0. The van der Waals surface area contributed by atoms with E-state index in [0.717, 1.165) is 61.6 Å². The van der Waals surface area contributed by atoms with Crippen molar-refractivity contribution < 1.29 is 4.42 Å². The molecule has 1 heterocycles. The van der Waals surface area contributed by atoms with Crippen LogP contribution in [0, 0.1) is 0 Å². The van der Waals surface area contributed by atoms with Gasteiger partial charge in [-0.25, -0.2) is 0 Å². The summed E-state index contributed by atoms with van der Waals surface area (Å²) in [7, 11) is 0. The van der Waals surface area contributed by atoms with Crippen LogP contribution >= 0.6 is 0 Å². The van der Waals surface area contributed by atoms with Crippen LogP contribution < -0.4 is 4.90 Å². The van der Waals surface area contributed by atoms with Gasteiger partial charge in [0.15, 0.2) is 0 Å². The highest BCUT2D eigenvalue weighted by molar-refractivity contribution is 6.14. The van der Waals surface area contributed by atoms with E-state index in [2.05, 4.69) is 241 Å². The zero-order chi connectivity index (χ0) is 42.4. The normalized spacial score (nSPS) is 11.4. The number of hydrogen-bond acceptors (Lipinski definition) is 2. The van der Waals surface area contributed by atoms with Gasteiger partial charge in [-0.15, -0.1) is 0 Å². The number of nitrogens with zero attached hydrogens (tertiary/aromatic N) is 1. The summed E-state index contributed by atoms with van der Waals surface area (Å²) in [6.07, 6.45) is 0. The van der Waals surface area contributed by atoms with Crippen molar-refractivity contribution in [1.29, 1.82) is 0 Å². The summed E-state index contributed by atoms with van der Waals surface area (Å²) in [4.78, 5) is 2.41. The van der Waals surface area contributed by atoms with Gasteiger partial charge < -0.3 is 9.32 Å². The minimum atomic E-state index is 0.858. The lowest BCUT2D eigenvalue weighted by atomic mass is 9.93. The first-order valence-corrected chi connectivity index (χ1v) is 21.9. The van der Waals surface area contributed by atoms with Crippen molar-refractivity contribution in [3.63, 3.8) is 0 Å². The molecule has 2 heteroatoms. The van der Waals surface area contributed by atoms with Crippen LogP contribution in [-0.2, 0) is 0 Å². The Kier molecular flexibility index (Phi) is 9.20. The van der Waals surface area contributed by atoms with Gasteiger partial charge >= 0.3 is 0 Å². The fourth-order valence-electron chi connectivity index (χ4n) is 9.48. The average Bonchev–Trinajstić information content (AvgIpc) is 3.82. The summed E-state index contributed by atoms with van der Waals surface area (Å²) in [5.74, 6) is 0.858. The maximum atomic E-state index is 6.49. The van der Waals surface area contributed by atoms with Gasteiger partial charge in [-0.05, 0) is 120 Å². The first-order chi connectivity index (χ1) is 31.7. The summed E-state index contributed by atoms with van der Waals surface area (Å²) in [6, 6.07) is 89.6. The van der Waals surface area contributed by atoms with E-state index in [9.17, 15) is 0 Å². The Morgan fingerprint density at radius 1 is 0.266 bits per heavy atom. The molecule has 0 radical (unpaired) electrons. The number of benzene rings is 11. The number of fused-ring (bicyclic) bond motifs is 5. The predicted octanol–water partition coefficient (Wildman–Crippen LogP) is 17.7. The number of rotatable bonds is 8. The van der Waals surface area contributed by atoms with Crippen molar-refractivity contribution in [2.75, 3.05) is 4.90 Å². The Bertz CT molecular complexity index is 3600. The first-order valence-electron chi connectivity index (χ1n) is 21.9. The molecule has 0 aliphatic carbocycles. The molecule has 2 nitrogen and oxygen atoms in total. The van der Waals surface area contributed by atoms with Crippen LogP contribution in [0.25, 0.3) is 99.1 Å². The lowest BCUT2D eigenvalue weighted by Crippen LogP contribution is -2.10. The third-order valence-electron chi connectivity index (χ3n) is 12.7. The van der Waals surface area contributed by atoms with Crippen molar-refractivity contribution in [3.05, 3.63) is 249 Å². The Labute approximate surface area is 372 Å². The molecule has 0 aliphatic rings. The highest BCUT2D eigenvalue weighted by Gasteiger charge is 2.19. The van der Waals surface area contributed by atoms with Gasteiger partial charge in [0.05, 0.1) is 5.69 Å². The molecule has 12 rings (SSSR count).